The molecule has 2 amide bonds. The molecule has 0 aliphatic carbocycles. The van der Waals surface area contributed by atoms with Gasteiger partial charge in [-0.3, -0.25) is 19.1 Å². The molecule has 4 heterocycles. The molecule has 2 aliphatic heterocycles. The molecule has 2 aromatic heterocycles. The summed E-state index contributed by atoms with van der Waals surface area (Å²) in [7, 11) is 0. The van der Waals surface area contributed by atoms with Crippen LogP contribution in [0.2, 0.25) is 0 Å². The number of H-pyrrole nitrogens is 1. The molecule has 9 nitrogen and oxygen atoms in total. The van der Waals surface area contributed by atoms with E-state index in [0.29, 0.717) is 43.1 Å². The van der Waals surface area contributed by atoms with Crippen molar-refractivity contribution >= 4 is 11.8 Å². The minimum Gasteiger partial charge on any atom is -0.332 e. The summed E-state index contributed by atoms with van der Waals surface area (Å²) in [6, 6.07) is 1.52. The Morgan fingerprint density at radius 2 is 2.10 bits per heavy atom. The molecule has 0 saturated carbocycles. The standard InChI is InChI=1S/C22H30N6O3/c1-4-14(3)21(30)27-11-6-7-17(27)19-24-16-9-12-26(13-15(16)20(29)25-19)22(31)18-8-10-23-28(18)5-2/h8,10,14,17H,4-7,9,11-13H2,1-3H3,(H,24,25,29)/t14-,17+/m1/s1. The predicted molar refractivity (Wildman–Crippen MR) is 114 cm³/mol. The maximum atomic E-state index is 12.9. The summed E-state index contributed by atoms with van der Waals surface area (Å²) in [4.78, 5) is 49.9. The average molecular weight is 427 g/mol. The fraction of sp³-hybridized carbons (Fsp3) is 0.591. The number of aromatic nitrogens is 4. The van der Waals surface area contributed by atoms with Gasteiger partial charge in [0.05, 0.1) is 23.8 Å². The van der Waals surface area contributed by atoms with Gasteiger partial charge in [-0.1, -0.05) is 13.8 Å². The van der Waals surface area contributed by atoms with Crippen LogP contribution in [0.4, 0.5) is 0 Å². The topological polar surface area (TPSA) is 104 Å². The molecule has 0 unspecified atom stereocenters. The Kier molecular flexibility index (Phi) is 5.93. The Morgan fingerprint density at radius 3 is 2.84 bits per heavy atom. The third kappa shape index (κ3) is 3.88. The molecule has 2 atom stereocenters. The third-order valence-electron chi connectivity index (χ3n) is 6.49. The molecule has 1 N–H and O–H groups in total. The van der Waals surface area contributed by atoms with Crippen molar-refractivity contribution in [2.75, 3.05) is 13.1 Å². The smallest absolute Gasteiger partial charge is 0.272 e. The van der Waals surface area contributed by atoms with E-state index in [1.165, 1.54) is 0 Å². The number of nitrogens with one attached hydrogen (secondary N) is 1. The van der Waals surface area contributed by atoms with Gasteiger partial charge in [-0.15, -0.1) is 0 Å². The average Bonchev–Trinajstić information content (AvgIpc) is 3.46. The molecule has 9 heteroatoms. The molecule has 2 aliphatic rings. The number of hydrogen-bond donors (Lipinski definition) is 1. The highest BCUT2D eigenvalue weighted by molar-refractivity contribution is 5.92. The molecular formula is C22H30N6O3. The Labute approximate surface area is 181 Å². The first-order valence-corrected chi connectivity index (χ1v) is 11.2. The summed E-state index contributed by atoms with van der Waals surface area (Å²) in [6.45, 7) is 7.91. The number of rotatable bonds is 5. The largest absolute Gasteiger partial charge is 0.332 e. The van der Waals surface area contributed by atoms with Crippen LogP contribution in [-0.2, 0) is 24.3 Å². The number of carbonyl (C=O) groups excluding carboxylic acids is 2. The van der Waals surface area contributed by atoms with Crippen LogP contribution in [0.25, 0.3) is 0 Å². The van der Waals surface area contributed by atoms with Crippen LogP contribution in [-0.4, -0.2) is 54.5 Å². The number of hydrogen-bond acceptors (Lipinski definition) is 5. The molecule has 0 bridgehead atoms. The van der Waals surface area contributed by atoms with Crippen LogP contribution in [0, 0.1) is 5.92 Å². The lowest BCUT2D eigenvalue weighted by atomic mass is 10.0. The number of fused-ring (bicyclic) bond motifs is 1. The van der Waals surface area contributed by atoms with Crippen molar-refractivity contribution in [1.82, 2.24) is 29.5 Å². The highest BCUT2D eigenvalue weighted by atomic mass is 16.2. The van der Waals surface area contributed by atoms with E-state index in [2.05, 4.69) is 10.1 Å². The second-order valence-electron chi connectivity index (χ2n) is 8.38. The van der Waals surface area contributed by atoms with Crippen LogP contribution in [0.5, 0.6) is 0 Å². The maximum absolute atomic E-state index is 12.9. The van der Waals surface area contributed by atoms with Gasteiger partial charge < -0.3 is 14.8 Å². The van der Waals surface area contributed by atoms with E-state index in [-0.39, 0.29) is 35.9 Å². The number of nitrogens with zero attached hydrogens (tertiary/aromatic N) is 5. The van der Waals surface area contributed by atoms with Crippen molar-refractivity contribution in [2.45, 2.75) is 65.6 Å². The Hall–Kier alpha value is -2.97. The summed E-state index contributed by atoms with van der Waals surface area (Å²) in [5, 5.41) is 4.16. The van der Waals surface area contributed by atoms with Crippen molar-refractivity contribution in [3.8, 4) is 0 Å². The van der Waals surface area contributed by atoms with Crippen LogP contribution < -0.4 is 5.56 Å². The summed E-state index contributed by atoms with van der Waals surface area (Å²) >= 11 is 0. The van der Waals surface area contributed by atoms with Gasteiger partial charge in [0.1, 0.15) is 11.5 Å². The maximum Gasteiger partial charge on any atom is 0.272 e. The highest BCUT2D eigenvalue weighted by Crippen LogP contribution is 2.32. The van der Waals surface area contributed by atoms with E-state index in [9.17, 15) is 14.4 Å². The van der Waals surface area contributed by atoms with Gasteiger partial charge in [0.2, 0.25) is 5.91 Å². The number of carbonyl (C=O) groups is 2. The summed E-state index contributed by atoms with van der Waals surface area (Å²) in [5.74, 6) is 0.520. The molecule has 0 spiro atoms. The van der Waals surface area contributed by atoms with Crippen molar-refractivity contribution < 1.29 is 9.59 Å². The van der Waals surface area contributed by atoms with Gasteiger partial charge in [0, 0.05) is 38.2 Å². The quantitative estimate of drug-likeness (QED) is 0.786. The first-order chi connectivity index (χ1) is 14.9. The van der Waals surface area contributed by atoms with E-state index in [1.54, 1.807) is 21.8 Å². The first kappa shape index (κ1) is 21.3. The van der Waals surface area contributed by atoms with Crippen LogP contribution >= 0.6 is 0 Å². The third-order valence-corrected chi connectivity index (χ3v) is 6.49. The summed E-state index contributed by atoms with van der Waals surface area (Å²) in [6.07, 6.45) is 4.63. The normalized spacial score (nSPS) is 19.4. The molecule has 1 saturated heterocycles. The fourth-order valence-electron chi connectivity index (χ4n) is 4.48. The molecule has 2 aromatic rings. The van der Waals surface area contributed by atoms with Gasteiger partial charge in [0.15, 0.2) is 0 Å². The number of likely N-dealkylation sites (tertiary alicyclic amines) is 1. The second-order valence-corrected chi connectivity index (χ2v) is 8.38. The zero-order valence-electron chi connectivity index (χ0n) is 18.4. The van der Waals surface area contributed by atoms with Gasteiger partial charge in [-0.05, 0) is 32.3 Å². The van der Waals surface area contributed by atoms with Gasteiger partial charge in [-0.2, -0.15) is 5.10 Å². The lowest BCUT2D eigenvalue weighted by Crippen LogP contribution is -2.41. The van der Waals surface area contributed by atoms with Gasteiger partial charge in [-0.25, -0.2) is 4.98 Å². The van der Waals surface area contributed by atoms with Crippen molar-refractivity contribution in [3.63, 3.8) is 0 Å². The summed E-state index contributed by atoms with van der Waals surface area (Å²) in [5.41, 5.74) is 1.57. The highest BCUT2D eigenvalue weighted by Gasteiger charge is 2.35. The molecule has 0 radical (unpaired) electrons. The molecular weight excluding hydrogens is 396 g/mol. The van der Waals surface area contributed by atoms with Crippen molar-refractivity contribution in [2.24, 2.45) is 5.92 Å². The monoisotopic (exact) mass is 426 g/mol. The van der Waals surface area contributed by atoms with Crippen molar-refractivity contribution in [1.29, 1.82) is 0 Å². The van der Waals surface area contributed by atoms with E-state index in [4.69, 9.17) is 4.98 Å². The Bertz CT molecular complexity index is 1040. The van der Waals surface area contributed by atoms with E-state index in [1.807, 2.05) is 25.7 Å². The number of aromatic amines is 1. The second kappa shape index (κ2) is 8.64. The molecule has 31 heavy (non-hydrogen) atoms. The number of aryl methyl sites for hydroxylation is 1. The fourth-order valence-corrected chi connectivity index (χ4v) is 4.48. The van der Waals surface area contributed by atoms with Gasteiger partial charge in [0.25, 0.3) is 11.5 Å². The van der Waals surface area contributed by atoms with Crippen LogP contribution in [0.3, 0.4) is 0 Å². The minimum atomic E-state index is -0.218. The Balaban J connectivity index is 1.57. The summed E-state index contributed by atoms with van der Waals surface area (Å²) < 4.78 is 1.66. The predicted octanol–water partition coefficient (Wildman–Crippen LogP) is 1.89. The van der Waals surface area contributed by atoms with Crippen LogP contribution in [0.15, 0.2) is 17.1 Å². The molecule has 166 valence electrons. The van der Waals surface area contributed by atoms with E-state index < -0.39 is 0 Å². The zero-order chi connectivity index (χ0) is 22.1. The number of amides is 2. The molecule has 1 fully saturated rings. The van der Waals surface area contributed by atoms with Crippen molar-refractivity contribution in [3.05, 3.63) is 45.4 Å². The van der Waals surface area contributed by atoms with E-state index >= 15 is 0 Å². The SMILES string of the molecule is CC[C@@H](C)C(=O)N1CCC[C@H]1c1nc2c(c(=O)[nH]1)CN(C(=O)c1ccnn1CC)CC2. The lowest BCUT2D eigenvalue weighted by molar-refractivity contribution is -0.136. The first-order valence-electron chi connectivity index (χ1n) is 11.2. The minimum absolute atomic E-state index is 0.0407. The zero-order valence-corrected chi connectivity index (χ0v) is 18.4. The molecule has 0 aromatic carbocycles. The van der Waals surface area contributed by atoms with Crippen LogP contribution in [0.1, 0.15) is 73.6 Å². The van der Waals surface area contributed by atoms with Gasteiger partial charge >= 0.3 is 0 Å². The van der Waals surface area contributed by atoms with E-state index in [0.717, 1.165) is 25.0 Å². The Morgan fingerprint density at radius 1 is 1.29 bits per heavy atom. The molecule has 4 rings (SSSR count). The lowest BCUT2D eigenvalue weighted by Gasteiger charge is -2.30.